The molecule has 0 unspecified atom stereocenters. The van der Waals surface area contributed by atoms with Gasteiger partial charge in [-0.3, -0.25) is 4.79 Å². The van der Waals surface area contributed by atoms with Crippen LogP contribution in [0.3, 0.4) is 0 Å². The van der Waals surface area contributed by atoms with Crippen molar-refractivity contribution >= 4 is 16.7 Å². The number of aliphatic hydroxyl groups excluding tert-OH is 1. The molecule has 0 aromatic heterocycles. The number of hydrogen-bond acceptors (Lipinski definition) is 3. The highest BCUT2D eigenvalue weighted by atomic mass is 16.5. The van der Waals surface area contributed by atoms with Gasteiger partial charge in [-0.2, -0.15) is 0 Å². The van der Waals surface area contributed by atoms with Gasteiger partial charge in [0.1, 0.15) is 0 Å². The molecular formula is C15H16O3. The molecule has 0 fully saturated rings. The second-order valence-electron chi connectivity index (χ2n) is 4.32. The Bertz CT molecular complexity index is 548. The number of aliphatic hydroxyl groups is 1. The lowest BCUT2D eigenvalue weighted by molar-refractivity contribution is -0.142. The van der Waals surface area contributed by atoms with Crippen LogP contribution in [0.5, 0.6) is 0 Å². The molecule has 0 radical (unpaired) electrons. The lowest BCUT2D eigenvalue weighted by Crippen LogP contribution is -2.17. The van der Waals surface area contributed by atoms with Crippen LogP contribution in [-0.2, 0) is 16.0 Å². The van der Waals surface area contributed by atoms with E-state index in [-0.39, 0.29) is 12.4 Å². The quantitative estimate of drug-likeness (QED) is 0.839. The molecule has 0 saturated heterocycles. The van der Waals surface area contributed by atoms with Crippen LogP contribution >= 0.6 is 0 Å². The van der Waals surface area contributed by atoms with Gasteiger partial charge in [0.05, 0.1) is 19.6 Å². The number of fused-ring (bicyclic) bond motifs is 1. The minimum Gasteiger partial charge on any atom is -0.469 e. The Hall–Kier alpha value is -1.87. The number of carbonyl (C=O) groups is 1. The lowest BCUT2D eigenvalue weighted by Gasteiger charge is -2.09. The molecule has 1 N–H and O–H groups in total. The van der Waals surface area contributed by atoms with Crippen molar-refractivity contribution < 1.29 is 14.6 Å². The van der Waals surface area contributed by atoms with E-state index in [4.69, 9.17) is 0 Å². The molecule has 0 spiro atoms. The summed E-state index contributed by atoms with van der Waals surface area (Å²) in [6, 6.07) is 14.1. The first kappa shape index (κ1) is 12.6. The second-order valence-corrected chi connectivity index (χ2v) is 4.32. The molecule has 0 saturated carbocycles. The van der Waals surface area contributed by atoms with Crippen molar-refractivity contribution in [3.8, 4) is 0 Å². The van der Waals surface area contributed by atoms with E-state index in [0.29, 0.717) is 6.42 Å². The lowest BCUT2D eigenvalue weighted by atomic mass is 10.0. The van der Waals surface area contributed by atoms with E-state index in [1.54, 1.807) is 0 Å². The molecule has 0 bridgehead atoms. The van der Waals surface area contributed by atoms with Crippen molar-refractivity contribution in [2.75, 3.05) is 7.11 Å². The fourth-order valence-electron chi connectivity index (χ4n) is 1.99. The van der Waals surface area contributed by atoms with Gasteiger partial charge >= 0.3 is 5.97 Å². The summed E-state index contributed by atoms with van der Waals surface area (Å²) in [5.41, 5.74) is 1.02. The van der Waals surface area contributed by atoms with Gasteiger partial charge in [-0.05, 0) is 22.8 Å². The van der Waals surface area contributed by atoms with Crippen molar-refractivity contribution in [1.82, 2.24) is 0 Å². The van der Waals surface area contributed by atoms with E-state index in [9.17, 15) is 9.90 Å². The molecule has 1 atom stereocenters. The third-order valence-corrected chi connectivity index (χ3v) is 2.92. The van der Waals surface area contributed by atoms with Crippen molar-refractivity contribution in [1.29, 1.82) is 0 Å². The van der Waals surface area contributed by atoms with Crippen LogP contribution in [0.2, 0.25) is 0 Å². The van der Waals surface area contributed by atoms with E-state index in [2.05, 4.69) is 4.74 Å². The molecule has 0 amide bonds. The van der Waals surface area contributed by atoms with E-state index in [1.165, 1.54) is 12.5 Å². The van der Waals surface area contributed by atoms with Gasteiger partial charge in [0.2, 0.25) is 0 Å². The summed E-state index contributed by atoms with van der Waals surface area (Å²) in [6.07, 6.45) is -0.206. The molecule has 0 aliphatic rings. The van der Waals surface area contributed by atoms with Gasteiger partial charge in [0.25, 0.3) is 0 Å². The summed E-state index contributed by atoms with van der Waals surface area (Å²) in [7, 11) is 1.32. The molecule has 18 heavy (non-hydrogen) atoms. The van der Waals surface area contributed by atoms with Crippen molar-refractivity contribution in [3.63, 3.8) is 0 Å². The van der Waals surface area contributed by atoms with Gasteiger partial charge < -0.3 is 9.84 Å². The average molecular weight is 244 g/mol. The molecular weight excluding hydrogens is 228 g/mol. The zero-order valence-electron chi connectivity index (χ0n) is 10.3. The highest BCUT2D eigenvalue weighted by molar-refractivity contribution is 5.83. The molecule has 2 aromatic carbocycles. The number of rotatable bonds is 4. The molecule has 0 heterocycles. The Kier molecular flexibility index (Phi) is 3.95. The Balaban J connectivity index is 2.09. The maximum absolute atomic E-state index is 11.0. The van der Waals surface area contributed by atoms with Crippen LogP contribution < -0.4 is 0 Å². The van der Waals surface area contributed by atoms with Crippen LogP contribution in [0.4, 0.5) is 0 Å². The molecule has 0 aliphatic carbocycles. The summed E-state index contributed by atoms with van der Waals surface area (Å²) in [5.74, 6) is -0.386. The number of carbonyl (C=O) groups excluding carboxylic acids is 1. The van der Waals surface area contributed by atoms with Crippen LogP contribution in [0.1, 0.15) is 12.0 Å². The zero-order chi connectivity index (χ0) is 13.0. The Morgan fingerprint density at radius 1 is 1.22 bits per heavy atom. The van der Waals surface area contributed by atoms with Gasteiger partial charge in [0, 0.05) is 0 Å². The summed E-state index contributed by atoms with van der Waals surface area (Å²) >= 11 is 0. The van der Waals surface area contributed by atoms with Crippen molar-refractivity contribution in [3.05, 3.63) is 48.0 Å². The standard InChI is InChI=1S/C15H16O3/c1-18-15(17)10-14(16)9-11-6-7-12-4-2-3-5-13(12)8-11/h2-8,14,16H,9-10H2,1H3/t14-/m1/s1. The molecule has 94 valence electrons. The fourth-order valence-corrected chi connectivity index (χ4v) is 1.99. The summed E-state index contributed by atoms with van der Waals surface area (Å²) in [5, 5.41) is 12.1. The molecule has 2 aromatic rings. The first-order chi connectivity index (χ1) is 8.69. The largest absolute Gasteiger partial charge is 0.469 e. The number of benzene rings is 2. The SMILES string of the molecule is COC(=O)C[C@H](O)Cc1ccc2ccccc2c1. The Labute approximate surface area is 106 Å². The van der Waals surface area contributed by atoms with E-state index in [1.807, 2.05) is 42.5 Å². The average Bonchev–Trinajstić information content (AvgIpc) is 2.38. The monoisotopic (exact) mass is 244 g/mol. The summed E-state index contributed by atoms with van der Waals surface area (Å²) < 4.78 is 4.53. The van der Waals surface area contributed by atoms with Crippen molar-refractivity contribution in [2.45, 2.75) is 18.9 Å². The Morgan fingerprint density at radius 2 is 1.94 bits per heavy atom. The first-order valence-electron chi connectivity index (χ1n) is 5.91. The predicted molar refractivity (Wildman–Crippen MR) is 70.3 cm³/mol. The number of ether oxygens (including phenoxy) is 1. The summed E-state index contributed by atoms with van der Waals surface area (Å²) in [6.45, 7) is 0. The van der Waals surface area contributed by atoms with E-state index >= 15 is 0 Å². The minimum atomic E-state index is -0.696. The van der Waals surface area contributed by atoms with Crippen LogP contribution in [0.25, 0.3) is 10.8 Å². The smallest absolute Gasteiger partial charge is 0.308 e. The van der Waals surface area contributed by atoms with Crippen LogP contribution in [0, 0.1) is 0 Å². The normalized spacial score (nSPS) is 12.3. The molecule has 2 rings (SSSR count). The van der Waals surface area contributed by atoms with E-state index < -0.39 is 6.10 Å². The maximum Gasteiger partial charge on any atom is 0.308 e. The molecule has 3 nitrogen and oxygen atoms in total. The fraction of sp³-hybridized carbons (Fsp3) is 0.267. The minimum absolute atomic E-state index is 0.0311. The molecule has 0 aliphatic heterocycles. The van der Waals surface area contributed by atoms with Gasteiger partial charge in [0.15, 0.2) is 0 Å². The highest BCUT2D eigenvalue weighted by Crippen LogP contribution is 2.17. The zero-order valence-corrected chi connectivity index (χ0v) is 10.3. The maximum atomic E-state index is 11.0. The van der Waals surface area contributed by atoms with E-state index in [0.717, 1.165) is 10.9 Å². The number of hydrogen-bond donors (Lipinski definition) is 1. The third-order valence-electron chi connectivity index (χ3n) is 2.92. The predicted octanol–water partition coefficient (Wildman–Crippen LogP) is 2.31. The third kappa shape index (κ3) is 3.08. The van der Waals surface area contributed by atoms with Gasteiger partial charge in [-0.15, -0.1) is 0 Å². The number of esters is 1. The van der Waals surface area contributed by atoms with Gasteiger partial charge in [-0.25, -0.2) is 0 Å². The summed E-state index contributed by atoms with van der Waals surface area (Å²) in [4.78, 5) is 11.0. The molecule has 3 heteroatoms. The Morgan fingerprint density at radius 3 is 2.67 bits per heavy atom. The highest BCUT2D eigenvalue weighted by Gasteiger charge is 2.11. The van der Waals surface area contributed by atoms with Crippen LogP contribution in [-0.4, -0.2) is 24.3 Å². The first-order valence-corrected chi connectivity index (χ1v) is 5.91. The topological polar surface area (TPSA) is 46.5 Å². The number of methoxy groups -OCH3 is 1. The van der Waals surface area contributed by atoms with Crippen molar-refractivity contribution in [2.24, 2.45) is 0 Å². The van der Waals surface area contributed by atoms with Crippen LogP contribution in [0.15, 0.2) is 42.5 Å². The van der Waals surface area contributed by atoms with Gasteiger partial charge in [-0.1, -0.05) is 42.5 Å². The second kappa shape index (κ2) is 5.65.